The number of thioether (sulfide) groups is 1. The highest BCUT2D eigenvalue weighted by Gasteiger charge is 2.25. The second kappa shape index (κ2) is 7.58. The molecule has 0 rings (SSSR count). The molecule has 1 atom stereocenters. The quantitative estimate of drug-likeness (QED) is 0.743. The Labute approximate surface area is 108 Å². The molecular weight excluding hydrogens is 238 g/mol. The molecule has 0 aromatic rings. The van der Waals surface area contributed by atoms with E-state index in [2.05, 4.69) is 5.32 Å². The standard InChI is InChI=1S/C12H23NO3S/c1-6-10(14)13-9(7-8-17-5)11(15)16-12(2,3)4/h9H,6-8H2,1-5H3,(H,13,14)/t9-/m1/s1. The molecule has 0 bridgehead atoms. The molecule has 17 heavy (non-hydrogen) atoms. The lowest BCUT2D eigenvalue weighted by atomic mass is 10.1. The van der Waals surface area contributed by atoms with Gasteiger partial charge in [-0.3, -0.25) is 4.79 Å². The van der Waals surface area contributed by atoms with E-state index < -0.39 is 11.6 Å². The summed E-state index contributed by atoms with van der Waals surface area (Å²) in [6.07, 6.45) is 2.94. The van der Waals surface area contributed by atoms with Crippen molar-refractivity contribution in [3.63, 3.8) is 0 Å². The Hall–Kier alpha value is -0.710. The average molecular weight is 261 g/mol. The highest BCUT2D eigenvalue weighted by molar-refractivity contribution is 7.98. The van der Waals surface area contributed by atoms with Crippen molar-refractivity contribution in [3.05, 3.63) is 0 Å². The molecule has 0 radical (unpaired) electrons. The summed E-state index contributed by atoms with van der Waals surface area (Å²) in [5.41, 5.74) is -0.522. The zero-order valence-corrected chi connectivity index (χ0v) is 12.1. The first-order chi connectivity index (χ1) is 7.80. The van der Waals surface area contributed by atoms with Crippen molar-refractivity contribution in [3.8, 4) is 0 Å². The van der Waals surface area contributed by atoms with Gasteiger partial charge in [0.1, 0.15) is 11.6 Å². The lowest BCUT2D eigenvalue weighted by Gasteiger charge is -2.24. The molecule has 4 nitrogen and oxygen atoms in total. The van der Waals surface area contributed by atoms with Gasteiger partial charge in [0, 0.05) is 6.42 Å². The van der Waals surface area contributed by atoms with Crippen LogP contribution in [0.1, 0.15) is 40.5 Å². The van der Waals surface area contributed by atoms with Gasteiger partial charge in [-0.1, -0.05) is 6.92 Å². The van der Waals surface area contributed by atoms with Crippen LogP contribution in [0.4, 0.5) is 0 Å². The number of rotatable bonds is 6. The molecule has 0 unspecified atom stereocenters. The number of ether oxygens (including phenoxy) is 1. The maximum absolute atomic E-state index is 11.9. The Kier molecular flexibility index (Phi) is 7.27. The largest absolute Gasteiger partial charge is 0.458 e. The Balaban J connectivity index is 4.44. The summed E-state index contributed by atoms with van der Waals surface area (Å²) in [6.45, 7) is 7.21. The van der Waals surface area contributed by atoms with E-state index in [1.54, 1.807) is 18.7 Å². The van der Waals surface area contributed by atoms with Crippen molar-refractivity contribution in [2.75, 3.05) is 12.0 Å². The summed E-state index contributed by atoms with van der Waals surface area (Å²) in [5.74, 6) is 0.337. The van der Waals surface area contributed by atoms with Crippen LogP contribution >= 0.6 is 11.8 Å². The van der Waals surface area contributed by atoms with Crippen molar-refractivity contribution >= 4 is 23.6 Å². The first kappa shape index (κ1) is 16.3. The normalized spacial score (nSPS) is 13.0. The van der Waals surface area contributed by atoms with Crippen molar-refractivity contribution < 1.29 is 14.3 Å². The molecule has 100 valence electrons. The van der Waals surface area contributed by atoms with Gasteiger partial charge >= 0.3 is 5.97 Å². The van der Waals surface area contributed by atoms with Gasteiger partial charge < -0.3 is 10.1 Å². The maximum Gasteiger partial charge on any atom is 0.329 e. The highest BCUT2D eigenvalue weighted by Crippen LogP contribution is 2.11. The lowest BCUT2D eigenvalue weighted by Crippen LogP contribution is -2.44. The number of amides is 1. The van der Waals surface area contributed by atoms with E-state index in [0.717, 1.165) is 5.75 Å². The molecule has 0 aliphatic rings. The first-order valence-electron chi connectivity index (χ1n) is 5.81. The minimum absolute atomic E-state index is 0.123. The number of hydrogen-bond acceptors (Lipinski definition) is 4. The fourth-order valence-corrected chi connectivity index (χ4v) is 1.63. The maximum atomic E-state index is 11.9. The molecule has 5 heteroatoms. The van der Waals surface area contributed by atoms with Gasteiger partial charge in [-0.05, 0) is 39.2 Å². The van der Waals surface area contributed by atoms with Gasteiger partial charge in [0.25, 0.3) is 0 Å². The van der Waals surface area contributed by atoms with Gasteiger partial charge in [0.2, 0.25) is 5.91 Å². The summed E-state index contributed by atoms with van der Waals surface area (Å²) in [4.78, 5) is 23.2. The van der Waals surface area contributed by atoms with E-state index in [9.17, 15) is 9.59 Å². The number of hydrogen-bond donors (Lipinski definition) is 1. The molecule has 0 aliphatic heterocycles. The predicted molar refractivity (Wildman–Crippen MR) is 71.1 cm³/mol. The fourth-order valence-electron chi connectivity index (χ4n) is 1.15. The predicted octanol–water partition coefficient (Wildman–Crippen LogP) is 1.98. The molecule has 0 aromatic heterocycles. The molecule has 0 spiro atoms. The van der Waals surface area contributed by atoms with Crippen LogP contribution < -0.4 is 5.32 Å². The van der Waals surface area contributed by atoms with Crippen molar-refractivity contribution in [2.24, 2.45) is 0 Å². The van der Waals surface area contributed by atoms with Crippen LogP contribution in [0.25, 0.3) is 0 Å². The molecule has 0 saturated heterocycles. The molecule has 0 heterocycles. The van der Waals surface area contributed by atoms with Crippen LogP contribution in [-0.4, -0.2) is 35.5 Å². The van der Waals surface area contributed by atoms with Crippen LogP contribution in [0, 0.1) is 0 Å². The minimum Gasteiger partial charge on any atom is -0.458 e. The number of esters is 1. The third-order valence-electron chi connectivity index (χ3n) is 1.96. The SMILES string of the molecule is CCC(=O)N[C@H](CCSC)C(=O)OC(C)(C)C. The van der Waals surface area contributed by atoms with Crippen LogP contribution in [0.3, 0.4) is 0 Å². The summed E-state index contributed by atoms with van der Waals surface area (Å²) >= 11 is 1.64. The van der Waals surface area contributed by atoms with E-state index in [1.165, 1.54) is 0 Å². The lowest BCUT2D eigenvalue weighted by molar-refractivity contribution is -0.158. The van der Waals surface area contributed by atoms with Crippen molar-refractivity contribution in [1.29, 1.82) is 0 Å². The smallest absolute Gasteiger partial charge is 0.329 e. The summed E-state index contributed by atoms with van der Waals surface area (Å²) < 4.78 is 5.28. The topological polar surface area (TPSA) is 55.4 Å². The van der Waals surface area contributed by atoms with Gasteiger partial charge in [-0.15, -0.1) is 0 Å². The number of carbonyl (C=O) groups excluding carboxylic acids is 2. The third-order valence-corrected chi connectivity index (χ3v) is 2.60. The average Bonchev–Trinajstić information content (AvgIpc) is 2.21. The molecule has 0 aliphatic carbocycles. The van der Waals surface area contributed by atoms with Crippen LogP contribution in [0.5, 0.6) is 0 Å². The van der Waals surface area contributed by atoms with Crippen LogP contribution in [0.2, 0.25) is 0 Å². The van der Waals surface area contributed by atoms with E-state index >= 15 is 0 Å². The van der Waals surface area contributed by atoms with Crippen LogP contribution in [-0.2, 0) is 14.3 Å². The molecule has 0 saturated carbocycles. The van der Waals surface area contributed by atoms with Crippen LogP contribution in [0.15, 0.2) is 0 Å². The minimum atomic E-state index is -0.533. The zero-order chi connectivity index (χ0) is 13.5. The highest BCUT2D eigenvalue weighted by atomic mass is 32.2. The zero-order valence-electron chi connectivity index (χ0n) is 11.3. The van der Waals surface area contributed by atoms with Gasteiger partial charge in [-0.25, -0.2) is 4.79 Å². The van der Waals surface area contributed by atoms with E-state index in [0.29, 0.717) is 12.8 Å². The van der Waals surface area contributed by atoms with E-state index in [-0.39, 0.29) is 11.9 Å². The summed E-state index contributed by atoms with van der Waals surface area (Å²) in [5, 5.41) is 2.70. The second-order valence-corrected chi connectivity index (χ2v) is 5.77. The Morgan fingerprint density at radius 2 is 1.94 bits per heavy atom. The van der Waals surface area contributed by atoms with E-state index in [1.807, 2.05) is 27.0 Å². The van der Waals surface area contributed by atoms with Crippen molar-refractivity contribution in [2.45, 2.75) is 52.2 Å². The monoisotopic (exact) mass is 261 g/mol. The Morgan fingerprint density at radius 1 is 1.35 bits per heavy atom. The molecule has 0 aromatic carbocycles. The van der Waals surface area contributed by atoms with Gasteiger partial charge in [0.15, 0.2) is 0 Å². The summed E-state index contributed by atoms with van der Waals surface area (Å²) in [7, 11) is 0. The Bertz CT molecular complexity index is 261. The molecule has 1 N–H and O–H groups in total. The summed E-state index contributed by atoms with van der Waals surface area (Å²) in [6, 6.07) is -0.533. The van der Waals surface area contributed by atoms with Gasteiger partial charge in [0.05, 0.1) is 0 Å². The number of carbonyl (C=O) groups is 2. The molecule has 0 fully saturated rings. The fraction of sp³-hybridized carbons (Fsp3) is 0.833. The first-order valence-corrected chi connectivity index (χ1v) is 7.20. The Morgan fingerprint density at radius 3 is 2.35 bits per heavy atom. The number of nitrogens with one attached hydrogen (secondary N) is 1. The third kappa shape index (κ3) is 8.07. The molecular formula is C12H23NO3S. The second-order valence-electron chi connectivity index (χ2n) is 4.79. The molecule has 1 amide bonds. The van der Waals surface area contributed by atoms with E-state index in [4.69, 9.17) is 4.74 Å². The van der Waals surface area contributed by atoms with Crippen molar-refractivity contribution in [1.82, 2.24) is 5.32 Å². The van der Waals surface area contributed by atoms with Gasteiger partial charge in [-0.2, -0.15) is 11.8 Å².